The quantitative estimate of drug-likeness (QED) is 0.358. The summed E-state index contributed by atoms with van der Waals surface area (Å²) in [6.45, 7) is 3.98. The fraction of sp³-hybridized carbons (Fsp3) is 0.455. The predicted molar refractivity (Wildman–Crippen MR) is 110 cm³/mol. The molecular formula is C22H29ClO5. The molecule has 6 heteroatoms. The average Bonchev–Trinajstić information content (AvgIpc) is 2.71. The number of aryl methyl sites for hydroxylation is 1. The summed E-state index contributed by atoms with van der Waals surface area (Å²) >= 11 is 5.53. The van der Waals surface area contributed by atoms with Crippen LogP contribution in [0.3, 0.4) is 0 Å². The monoisotopic (exact) mass is 408 g/mol. The topological polar surface area (TPSA) is 90.2 Å². The minimum Gasteiger partial charge on any atom is -0.491 e. The summed E-state index contributed by atoms with van der Waals surface area (Å²) in [6.07, 6.45) is -0.168. The van der Waals surface area contributed by atoms with Crippen molar-refractivity contribution in [1.82, 2.24) is 0 Å². The van der Waals surface area contributed by atoms with Gasteiger partial charge in [-0.25, -0.2) is 0 Å². The molecule has 5 nitrogen and oxygen atoms in total. The van der Waals surface area contributed by atoms with Crippen LogP contribution in [0.5, 0.6) is 5.75 Å². The van der Waals surface area contributed by atoms with E-state index in [9.17, 15) is 15.3 Å². The molecule has 28 heavy (non-hydrogen) atoms. The zero-order valence-electron chi connectivity index (χ0n) is 16.3. The molecule has 0 radical (unpaired) electrons. The van der Waals surface area contributed by atoms with Crippen LogP contribution < -0.4 is 4.74 Å². The SMILES string of the molecule is CC(C)(c1ccc(CCC(O)(O)CCl)cc1)c1ccc(OC[C@H](O)CO)cc1. The van der Waals surface area contributed by atoms with Gasteiger partial charge >= 0.3 is 0 Å². The molecule has 0 amide bonds. The summed E-state index contributed by atoms with van der Waals surface area (Å²) in [7, 11) is 0. The Morgan fingerprint density at radius 1 is 0.964 bits per heavy atom. The zero-order valence-corrected chi connectivity index (χ0v) is 17.1. The Bertz CT molecular complexity index is 726. The van der Waals surface area contributed by atoms with Crippen LogP contribution in [0, 0.1) is 0 Å². The fourth-order valence-electron chi connectivity index (χ4n) is 2.88. The van der Waals surface area contributed by atoms with Gasteiger partial charge in [0.25, 0.3) is 0 Å². The second-order valence-corrected chi connectivity index (χ2v) is 7.88. The van der Waals surface area contributed by atoms with Gasteiger partial charge in [-0.2, -0.15) is 0 Å². The van der Waals surface area contributed by atoms with Crippen molar-refractivity contribution >= 4 is 11.6 Å². The lowest BCUT2D eigenvalue weighted by molar-refractivity contribution is -0.145. The summed E-state index contributed by atoms with van der Waals surface area (Å²) in [6, 6.07) is 15.8. The molecule has 0 aliphatic heterocycles. The van der Waals surface area contributed by atoms with Crippen molar-refractivity contribution in [2.45, 2.75) is 44.0 Å². The third-order valence-corrected chi connectivity index (χ3v) is 5.36. The Kier molecular flexibility index (Phi) is 7.87. The summed E-state index contributed by atoms with van der Waals surface area (Å²) < 4.78 is 5.45. The highest BCUT2D eigenvalue weighted by Crippen LogP contribution is 2.32. The number of ether oxygens (including phenoxy) is 1. The van der Waals surface area contributed by atoms with E-state index < -0.39 is 11.9 Å². The van der Waals surface area contributed by atoms with E-state index in [0.29, 0.717) is 12.2 Å². The van der Waals surface area contributed by atoms with E-state index in [-0.39, 0.29) is 30.9 Å². The Labute approximate surface area is 171 Å². The first kappa shape index (κ1) is 22.7. The molecule has 0 spiro atoms. The first-order valence-corrected chi connectivity index (χ1v) is 9.84. The molecule has 0 fully saturated rings. The van der Waals surface area contributed by atoms with Crippen LogP contribution in [0.15, 0.2) is 48.5 Å². The van der Waals surface area contributed by atoms with Crippen molar-refractivity contribution in [2.24, 2.45) is 0 Å². The van der Waals surface area contributed by atoms with Gasteiger partial charge in [-0.15, -0.1) is 11.6 Å². The fourth-order valence-corrected chi connectivity index (χ4v) is 3.01. The van der Waals surface area contributed by atoms with Crippen LogP contribution in [-0.2, 0) is 11.8 Å². The van der Waals surface area contributed by atoms with E-state index >= 15 is 0 Å². The summed E-state index contributed by atoms with van der Waals surface area (Å²) in [4.78, 5) is 0. The molecule has 2 rings (SSSR count). The Hall–Kier alpha value is -1.63. The molecular weight excluding hydrogens is 380 g/mol. The molecule has 0 aliphatic carbocycles. The maximum absolute atomic E-state index is 9.61. The largest absolute Gasteiger partial charge is 0.491 e. The molecule has 1 atom stereocenters. The first-order chi connectivity index (χ1) is 13.2. The van der Waals surface area contributed by atoms with Crippen LogP contribution >= 0.6 is 11.6 Å². The van der Waals surface area contributed by atoms with Gasteiger partial charge in [0.2, 0.25) is 0 Å². The van der Waals surface area contributed by atoms with Gasteiger partial charge in [-0.3, -0.25) is 0 Å². The average molecular weight is 409 g/mol. The Morgan fingerprint density at radius 3 is 2.00 bits per heavy atom. The normalized spacial score (nSPS) is 13.4. The van der Waals surface area contributed by atoms with Crippen molar-refractivity contribution in [2.75, 3.05) is 19.1 Å². The van der Waals surface area contributed by atoms with Crippen molar-refractivity contribution in [3.8, 4) is 5.75 Å². The van der Waals surface area contributed by atoms with E-state index in [4.69, 9.17) is 21.4 Å². The number of rotatable bonds is 10. The maximum atomic E-state index is 9.61. The van der Waals surface area contributed by atoms with E-state index in [1.165, 1.54) is 0 Å². The van der Waals surface area contributed by atoms with Crippen molar-refractivity contribution in [1.29, 1.82) is 0 Å². The lowest BCUT2D eigenvalue weighted by Gasteiger charge is -2.27. The summed E-state index contributed by atoms with van der Waals surface area (Å²) in [5.41, 5.74) is 3.04. The molecule has 0 saturated heterocycles. The lowest BCUT2D eigenvalue weighted by atomic mass is 9.78. The molecule has 0 saturated carbocycles. The van der Waals surface area contributed by atoms with E-state index in [0.717, 1.165) is 16.7 Å². The molecule has 0 bridgehead atoms. The number of hydrogen-bond acceptors (Lipinski definition) is 5. The molecule has 0 aliphatic rings. The third kappa shape index (κ3) is 6.19. The number of alkyl halides is 1. The van der Waals surface area contributed by atoms with Crippen LogP contribution in [0.1, 0.15) is 37.0 Å². The van der Waals surface area contributed by atoms with Gasteiger partial charge in [0.1, 0.15) is 18.5 Å². The van der Waals surface area contributed by atoms with Gasteiger partial charge in [0, 0.05) is 11.8 Å². The van der Waals surface area contributed by atoms with Crippen molar-refractivity contribution in [3.05, 3.63) is 65.2 Å². The zero-order chi connectivity index (χ0) is 20.8. The minimum absolute atomic E-state index is 0.0490. The molecule has 2 aromatic carbocycles. The van der Waals surface area contributed by atoms with E-state index in [1.807, 2.05) is 36.4 Å². The Balaban J connectivity index is 2.05. The summed E-state index contributed by atoms with van der Waals surface area (Å²) in [5.74, 6) is -1.41. The third-order valence-electron chi connectivity index (χ3n) is 4.93. The lowest BCUT2D eigenvalue weighted by Crippen LogP contribution is -2.30. The van der Waals surface area contributed by atoms with Gasteiger partial charge in [-0.05, 0) is 35.2 Å². The highest BCUT2D eigenvalue weighted by atomic mass is 35.5. The highest BCUT2D eigenvalue weighted by Gasteiger charge is 2.24. The Morgan fingerprint density at radius 2 is 1.50 bits per heavy atom. The number of aliphatic hydroxyl groups is 4. The molecule has 0 heterocycles. The molecule has 154 valence electrons. The van der Waals surface area contributed by atoms with Crippen LogP contribution in [0.2, 0.25) is 0 Å². The van der Waals surface area contributed by atoms with Crippen LogP contribution in [0.25, 0.3) is 0 Å². The highest BCUT2D eigenvalue weighted by molar-refractivity contribution is 6.18. The standard InChI is InChI=1S/C22H29ClO5/c1-21(2,18-7-9-20(10-8-18)28-14-19(25)13-24)17-5-3-16(4-6-17)11-12-22(26,27)15-23/h3-10,19,24-27H,11-15H2,1-2H3/t19-/m1/s1. The summed E-state index contributed by atoms with van der Waals surface area (Å²) in [5, 5.41) is 37.4. The molecule has 2 aromatic rings. The second kappa shape index (κ2) is 9.72. The first-order valence-electron chi connectivity index (χ1n) is 9.30. The number of benzene rings is 2. The van der Waals surface area contributed by atoms with E-state index in [2.05, 4.69) is 26.0 Å². The van der Waals surface area contributed by atoms with Crippen LogP contribution in [0.4, 0.5) is 0 Å². The van der Waals surface area contributed by atoms with E-state index in [1.54, 1.807) is 0 Å². The van der Waals surface area contributed by atoms with Crippen molar-refractivity contribution < 1.29 is 25.2 Å². The molecule has 0 unspecified atom stereocenters. The van der Waals surface area contributed by atoms with Crippen molar-refractivity contribution in [3.63, 3.8) is 0 Å². The number of halogens is 1. The van der Waals surface area contributed by atoms with Gasteiger partial charge in [-0.1, -0.05) is 50.2 Å². The number of hydrogen-bond donors (Lipinski definition) is 4. The van der Waals surface area contributed by atoms with Crippen LogP contribution in [-0.4, -0.2) is 51.4 Å². The smallest absolute Gasteiger partial charge is 0.176 e. The minimum atomic E-state index is -1.84. The molecule has 4 N–H and O–H groups in total. The van der Waals surface area contributed by atoms with Gasteiger partial charge in [0.05, 0.1) is 12.5 Å². The molecule has 0 aromatic heterocycles. The maximum Gasteiger partial charge on any atom is 0.176 e. The van der Waals surface area contributed by atoms with Gasteiger partial charge < -0.3 is 25.2 Å². The van der Waals surface area contributed by atoms with Gasteiger partial charge in [0.15, 0.2) is 5.79 Å². The second-order valence-electron chi connectivity index (χ2n) is 7.61. The number of aliphatic hydroxyl groups excluding tert-OH is 2. The predicted octanol–water partition coefficient (Wildman–Crippen LogP) is 2.60.